The third-order valence-corrected chi connectivity index (χ3v) is 2.05. The molecule has 2 heterocycles. The molecular weight excluding hydrogens is 225 g/mol. The molecular formula is C11H10FN3O2. The van der Waals surface area contributed by atoms with Crippen molar-refractivity contribution in [2.75, 3.05) is 0 Å². The van der Waals surface area contributed by atoms with E-state index in [1.54, 1.807) is 13.0 Å². The van der Waals surface area contributed by atoms with Gasteiger partial charge in [0.1, 0.15) is 5.69 Å². The Hall–Kier alpha value is -2.24. The molecule has 0 saturated heterocycles. The summed E-state index contributed by atoms with van der Waals surface area (Å²) in [6.07, 6.45) is 0. The molecule has 1 N–H and O–H groups in total. The molecule has 0 bridgehead atoms. The van der Waals surface area contributed by atoms with Gasteiger partial charge in [0, 0.05) is 6.07 Å². The minimum absolute atomic E-state index is 0.0289. The molecule has 0 aliphatic rings. The summed E-state index contributed by atoms with van der Waals surface area (Å²) in [5, 5.41) is 6.23. The lowest BCUT2D eigenvalue weighted by Crippen LogP contribution is -2.23. The van der Waals surface area contributed by atoms with Crippen LogP contribution in [0.15, 0.2) is 28.8 Å². The number of hydrogen-bond donors (Lipinski definition) is 1. The summed E-state index contributed by atoms with van der Waals surface area (Å²) in [5.41, 5.74) is 0.763. The Kier molecular flexibility index (Phi) is 3.13. The molecule has 2 rings (SSSR count). The SMILES string of the molecule is Cc1cc(CNC(=O)c2cccc(F)n2)on1. The highest BCUT2D eigenvalue weighted by atomic mass is 19.1. The predicted molar refractivity (Wildman–Crippen MR) is 56.6 cm³/mol. The van der Waals surface area contributed by atoms with Crippen LogP contribution in [0.3, 0.4) is 0 Å². The molecule has 6 heteroatoms. The van der Waals surface area contributed by atoms with Crippen molar-refractivity contribution in [2.45, 2.75) is 13.5 Å². The first-order valence-electron chi connectivity index (χ1n) is 4.98. The number of halogens is 1. The van der Waals surface area contributed by atoms with E-state index in [4.69, 9.17) is 4.52 Å². The summed E-state index contributed by atoms with van der Waals surface area (Å²) in [6, 6.07) is 5.75. The monoisotopic (exact) mass is 235 g/mol. The Bertz CT molecular complexity index is 539. The van der Waals surface area contributed by atoms with Crippen LogP contribution in [0.25, 0.3) is 0 Å². The standard InChI is InChI=1S/C11H10FN3O2/c1-7-5-8(17-15-7)6-13-11(16)9-3-2-4-10(12)14-9/h2-5H,6H2,1H3,(H,13,16). The van der Waals surface area contributed by atoms with Gasteiger partial charge in [0.2, 0.25) is 5.95 Å². The highest BCUT2D eigenvalue weighted by molar-refractivity contribution is 5.92. The van der Waals surface area contributed by atoms with Gasteiger partial charge < -0.3 is 9.84 Å². The maximum absolute atomic E-state index is 12.8. The highest BCUT2D eigenvalue weighted by Gasteiger charge is 2.09. The Labute approximate surface area is 96.6 Å². The van der Waals surface area contributed by atoms with Gasteiger partial charge in [-0.25, -0.2) is 4.98 Å². The minimum Gasteiger partial charge on any atom is -0.359 e. The zero-order valence-electron chi connectivity index (χ0n) is 9.11. The lowest BCUT2D eigenvalue weighted by molar-refractivity contribution is 0.0941. The first-order valence-corrected chi connectivity index (χ1v) is 4.98. The van der Waals surface area contributed by atoms with Crippen molar-refractivity contribution in [3.8, 4) is 0 Å². The van der Waals surface area contributed by atoms with Crippen molar-refractivity contribution in [3.63, 3.8) is 0 Å². The minimum atomic E-state index is -0.687. The van der Waals surface area contributed by atoms with E-state index >= 15 is 0 Å². The van der Waals surface area contributed by atoms with Crippen LogP contribution in [0.2, 0.25) is 0 Å². The van der Waals surface area contributed by atoms with E-state index in [9.17, 15) is 9.18 Å². The fraction of sp³-hybridized carbons (Fsp3) is 0.182. The van der Waals surface area contributed by atoms with E-state index in [0.717, 1.165) is 5.69 Å². The van der Waals surface area contributed by atoms with Gasteiger partial charge in [0.15, 0.2) is 5.76 Å². The zero-order valence-corrected chi connectivity index (χ0v) is 9.11. The van der Waals surface area contributed by atoms with Crippen LogP contribution in [0.4, 0.5) is 4.39 Å². The second-order valence-electron chi connectivity index (χ2n) is 3.46. The first-order chi connectivity index (χ1) is 8.15. The largest absolute Gasteiger partial charge is 0.359 e. The lowest BCUT2D eigenvalue weighted by atomic mass is 10.3. The van der Waals surface area contributed by atoms with Gasteiger partial charge in [0.05, 0.1) is 12.2 Å². The van der Waals surface area contributed by atoms with Gasteiger partial charge in [-0.05, 0) is 19.1 Å². The van der Waals surface area contributed by atoms with Crippen LogP contribution in [0.5, 0.6) is 0 Å². The molecule has 0 aliphatic carbocycles. The molecule has 0 atom stereocenters. The molecule has 17 heavy (non-hydrogen) atoms. The number of aromatic nitrogens is 2. The fourth-order valence-corrected chi connectivity index (χ4v) is 1.29. The highest BCUT2D eigenvalue weighted by Crippen LogP contribution is 2.02. The predicted octanol–water partition coefficient (Wildman–Crippen LogP) is 1.45. The van der Waals surface area contributed by atoms with Crippen LogP contribution in [-0.4, -0.2) is 16.0 Å². The van der Waals surface area contributed by atoms with E-state index in [1.165, 1.54) is 18.2 Å². The molecule has 0 fully saturated rings. The summed E-state index contributed by atoms with van der Waals surface area (Å²) < 4.78 is 17.7. The van der Waals surface area contributed by atoms with E-state index in [2.05, 4.69) is 15.5 Å². The molecule has 0 radical (unpaired) electrons. The Morgan fingerprint density at radius 3 is 3.00 bits per heavy atom. The summed E-state index contributed by atoms with van der Waals surface area (Å²) in [6.45, 7) is 1.97. The van der Waals surface area contributed by atoms with Gasteiger partial charge in [-0.3, -0.25) is 4.79 Å². The smallest absolute Gasteiger partial charge is 0.270 e. The summed E-state index contributed by atoms with van der Waals surface area (Å²) in [5.74, 6) is -0.612. The average Bonchev–Trinajstić information content (AvgIpc) is 2.72. The number of hydrogen-bond acceptors (Lipinski definition) is 4. The van der Waals surface area contributed by atoms with E-state index in [0.29, 0.717) is 5.76 Å². The number of nitrogens with zero attached hydrogens (tertiary/aromatic N) is 2. The Morgan fingerprint density at radius 2 is 2.35 bits per heavy atom. The lowest BCUT2D eigenvalue weighted by Gasteiger charge is -2.01. The quantitative estimate of drug-likeness (QED) is 0.817. The number of rotatable bonds is 3. The van der Waals surface area contributed by atoms with Crippen molar-refractivity contribution < 1.29 is 13.7 Å². The Morgan fingerprint density at radius 1 is 1.53 bits per heavy atom. The summed E-state index contributed by atoms with van der Waals surface area (Å²) in [7, 11) is 0. The molecule has 88 valence electrons. The molecule has 0 unspecified atom stereocenters. The summed E-state index contributed by atoms with van der Waals surface area (Å²) >= 11 is 0. The Balaban J connectivity index is 1.98. The van der Waals surface area contributed by atoms with Crippen molar-refractivity contribution in [2.24, 2.45) is 0 Å². The van der Waals surface area contributed by atoms with Crippen molar-refractivity contribution >= 4 is 5.91 Å². The number of pyridine rings is 1. The number of nitrogens with one attached hydrogen (secondary N) is 1. The van der Waals surface area contributed by atoms with Crippen molar-refractivity contribution in [1.82, 2.24) is 15.5 Å². The van der Waals surface area contributed by atoms with Gasteiger partial charge in [-0.15, -0.1) is 0 Å². The maximum Gasteiger partial charge on any atom is 0.270 e. The second kappa shape index (κ2) is 4.73. The third kappa shape index (κ3) is 2.87. The third-order valence-electron chi connectivity index (χ3n) is 2.05. The fourth-order valence-electron chi connectivity index (χ4n) is 1.29. The van der Waals surface area contributed by atoms with Crippen molar-refractivity contribution in [3.05, 3.63) is 47.4 Å². The summed E-state index contributed by atoms with van der Waals surface area (Å²) in [4.78, 5) is 15.0. The molecule has 0 saturated carbocycles. The molecule has 2 aromatic heterocycles. The van der Waals surface area contributed by atoms with Gasteiger partial charge in [-0.1, -0.05) is 11.2 Å². The molecule has 5 nitrogen and oxygen atoms in total. The maximum atomic E-state index is 12.8. The average molecular weight is 235 g/mol. The molecule has 0 aromatic carbocycles. The van der Waals surface area contributed by atoms with Crippen LogP contribution in [0.1, 0.15) is 21.9 Å². The van der Waals surface area contributed by atoms with Crippen LogP contribution < -0.4 is 5.32 Å². The van der Waals surface area contributed by atoms with E-state index in [-0.39, 0.29) is 12.2 Å². The van der Waals surface area contributed by atoms with Crippen LogP contribution in [0, 0.1) is 12.9 Å². The topological polar surface area (TPSA) is 68.0 Å². The van der Waals surface area contributed by atoms with Gasteiger partial charge >= 0.3 is 0 Å². The van der Waals surface area contributed by atoms with Crippen LogP contribution in [-0.2, 0) is 6.54 Å². The van der Waals surface area contributed by atoms with E-state index < -0.39 is 11.9 Å². The number of carbonyl (C=O) groups excluding carboxylic acids is 1. The second-order valence-corrected chi connectivity index (χ2v) is 3.46. The zero-order chi connectivity index (χ0) is 12.3. The van der Waals surface area contributed by atoms with Crippen LogP contribution >= 0.6 is 0 Å². The van der Waals surface area contributed by atoms with Crippen molar-refractivity contribution in [1.29, 1.82) is 0 Å². The van der Waals surface area contributed by atoms with Gasteiger partial charge in [0.25, 0.3) is 5.91 Å². The molecule has 2 aromatic rings. The number of carbonyl (C=O) groups is 1. The van der Waals surface area contributed by atoms with E-state index in [1.807, 2.05) is 0 Å². The number of amides is 1. The number of aryl methyl sites for hydroxylation is 1. The first kappa shape index (κ1) is 11.3. The molecule has 1 amide bonds. The molecule has 0 aliphatic heterocycles. The van der Waals surface area contributed by atoms with Gasteiger partial charge in [-0.2, -0.15) is 4.39 Å². The normalized spacial score (nSPS) is 10.2. The molecule has 0 spiro atoms.